The van der Waals surface area contributed by atoms with Crippen molar-refractivity contribution >= 4 is 29.4 Å². The number of hydrogen-bond donors (Lipinski definition) is 0. The fourth-order valence-electron chi connectivity index (χ4n) is 2.48. The van der Waals surface area contributed by atoms with E-state index in [2.05, 4.69) is 24.3 Å². The van der Waals surface area contributed by atoms with Crippen LogP contribution in [0.5, 0.6) is 0 Å². The molecule has 1 aliphatic heterocycles. The van der Waals surface area contributed by atoms with Crippen LogP contribution in [-0.2, 0) is 11.3 Å². The highest BCUT2D eigenvalue weighted by molar-refractivity contribution is 8.00. The van der Waals surface area contributed by atoms with Crippen LogP contribution >= 0.6 is 23.5 Å². The first-order valence-electron chi connectivity index (χ1n) is 6.97. The summed E-state index contributed by atoms with van der Waals surface area (Å²) in [6, 6.07) is 14.9. The fourth-order valence-corrected chi connectivity index (χ4v) is 4.08. The average Bonchev–Trinajstić information content (AvgIpc) is 2.91. The molecule has 2 aromatic rings. The Kier molecular flexibility index (Phi) is 4.74. The first kappa shape index (κ1) is 15.4. The minimum absolute atomic E-state index is 0.0389. The molecule has 0 aliphatic carbocycles. The predicted molar refractivity (Wildman–Crippen MR) is 90.4 cm³/mol. The summed E-state index contributed by atoms with van der Waals surface area (Å²) >= 11 is 3.29. The molecule has 1 amide bonds. The van der Waals surface area contributed by atoms with E-state index in [1.54, 1.807) is 46.6 Å². The van der Waals surface area contributed by atoms with Gasteiger partial charge in [0.2, 0.25) is 5.91 Å². The minimum atomic E-state index is -0.260. The summed E-state index contributed by atoms with van der Waals surface area (Å²) < 4.78 is 13.9. The van der Waals surface area contributed by atoms with Gasteiger partial charge < -0.3 is 4.90 Å². The van der Waals surface area contributed by atoms with E-state index in [1.807, 2.05) is 6.26 Å². The Balaban J connectivity index is 1.84. The van der Waals surface area contributed by atoms with Gasteiger partial charge in [0.05, 0.1) is 5.75 Å². The number of hydrogen-bond acceptors (Lipinski definition) is 3. The van der Waals surface area contributed by atoms with Gasteiger partial charge in [-0.3, -0.25) is 4.79 Å². The van der Waals surface area contributed by atoms with Gasteiger partial charge in [0.15, 0.2) is 0 Å². The first-order chi connectivity index (χ1) is 10.7. The number of carbonyl (C=O) groups excluding carboxylic acids is 1. The van der Waals surface area contributed by atoms with E-state index in [0.717, 1.165) is 5.56 Å². The minimum Gasteiger partial charge on any atom is -0.321 e. The lowest BCUT2D eigenvalue weighted by Gasteiger charge is -2.24. The van der Waals surface area contributed by atoms with Crippen LogP contribution < -0.4 is 0 Å². The van der Waals surface area contributed by atoms with Crippen molar-refractivity contribution in [3.8, 4) is 0 Å². The molecule has 5 heteroatoms. The van der Waals surface area contributed by atoms with Crippen LogP contribution in [0.15, 0.2) is 53.4 Å². The highest BCUT2D eigenvalue weighted by atomic mass is 32.2. The topological polar surface area (TPSA) is 20.3 Å². The van der Waals surface area contributed by atoms with Crippen molar-refractivity contribution < 1.29 is 9.18 Å². The van der Waals surface area contributed by atoms with E-state index in [-0.39, 0.29) is 17.1 Å². The number of nitrogens with zero attached hydrogens (tertiary/aromatic N) is 1. The molecule has 1 unspecified atom stereocenters. The molecule has 0 N–H and O–H groups in total. The van der Waals surface area contributed by atoms with Gasteiger partial charge in [-0.25, -0.2) is 4.39 Å². The Morgan fingerprint density at radius 3 is 2.64 bits per heavy atom. The highest BCUT2D eigenvalue weighted by Crippen LogP contribution is 2.40. The summed E-state index contributed by atoms with van der Waals surface area (Å²) in [6.07, 6.45) is 2.04. The third-order valence-electron chi connectivity index (χ3n) is 3.67. The Morgan fingerprint density at radius 1 is 1.23 bits per heavy atom. The molecule has 0 aromatic heterocycles. The van der Waals surface area contributed by atoms with Crippen molar-refractivity contribution in [3.63, 3.8) is 0 Å². The van der Waals surface area contributed by atoms with Gasteiger partial charge in [0.25, 0.3) is 0 Å². The maximum absolute atomic E-state index is 13.9. The summed E-state index contributed by atoms with van der Waals surface area (Å²) in [6.45, 7) is 0.313. The van der Waals surface area contributed by atoms with Gasteiger partial charge >= 0.3 is 0 Å². The van der Waals surface area contributed by atoms with Crippen molar-refractivity contribution in [1.82, 2.24) is 4.90 Å². The van der Waals surface area contributed by atoms with E-state index < -0.39 is 0 Å². The lowest BCUT2D eigenvalue weighted by Crippen LogP contribution is -2.28. The smallest absolute Gasteiger partial charge is 0.234 e. The number of thioether (sulfide) groups is 2. The van der Waals surface area contributed by atoms with Gasteiger partial charge in [-0.1, -0.05) is 30.3 Å². The molecule has 3 rings (SSSR count). The monoisotopic (exact) mass is 333 g/mol. The SMILES string of the molecule is CSc1ccc(C2SCC(=O)N2Cc2ccccc2F)cc1. The Hall–Kier alpha value is -1.46. The summed E-state index contributed by atoms with van der Waals surface area (Å²) in [5, 5.41) is -0.0389. The molecular weight excluding hydrogens is 317 g/mol. The van der Waals surface area contributed by atoms with Gasteiger partial charge in [0, 0.05) is 17.0 Å². The molecule has 0 radical (unpaired) electrons. The predicted octanol–water partition coefficient (Wildman–Crippen LogP) is 4.32. The largest absolute Gasteiger partial charge is 0.321 e. The molecule has 2 nitrogen and oxygen atoms in total. The fraction of sp³-hybridized carbons (Fsp3) is 0.235. The van der Waals surface area contributed by atoms with Crippen LogP contribution in [0, 0.1) is 5.82 Å². The molecule has 0 spiro atoms. The lowest BCUT2D eigenvalue weighted by molar-refractivity contribution is -0.128. The third-order valence-corrected chi connectivity index (χ3v) is 5.67. The van der Waals surface area contributed by atoms with Gasteiger partial charge in [-0.05, 0) is 30.0 Å². The van der Waals surface area contributed by atoms with E-state index in [1.165, 1.54) is 11.0 Å². The maximum atomic E-state index is 13.9. The van der Waals surface area contributed by atoms with Gasteiger partial charge in [0.1, 0.15) is 11.2 Å². The van der Waals surface area contributed by atoms with Crippen LogP contribution in [0.2, 0.25) is 0 Å². The quantitative estimate of drug-likeness (QED) is 0.777. The van der Waals surface area contributed by atoms with Crippen molar-refractivity contribution in [2.75, 3.05) is 12.0 Å². The lowest BCUT2D eigenvalue weighted by atomic mass is 10.1. The number of rotatable bonds is 4. The van der Waals surface area contributed by atoms with E-state index in [9.17, 15) is 9.18 Å². The molecule has 1 saturated heterocycles. The van der Waals surface area contributed by atoms with E-state index >= 15 is 0 Å². The molecule has 1 atom stereocenters. The molecular formula is C17H16FNOS2. The number of halogens is 1. The van der Waals surface area contributed by atoms with Gasteiger partial charge in [-0.2, -0.15) is 0 Å². The third kappa shape index (κ3) is 3.15. The second-order valence-corrected chi connectivity index (χ2v) is 7.00. The zero-order chi connectivity index (χ0) is 15.5. The summed E-state index contributed by atoms with van der Waals surface area (Å²) in [5.74, 6) is 0.250. The van der Waals surface area contributed by atoms with Crippen molar-refractivity contribution in [2.24, 2.45) is 0 Å². The average molecular weight is 333 g/mol. The molecule has 0 saturated carbocycles. The molecule has 22 heavy (non-hydrogen) atoms. The highest BCUT2D eigenvalue weighted by Gasteiger charge is 2.33. The van der Waals surface area contributed by atoms with Crippen LogP contribution in [0.4, 0.5) is 4.39 Å². The van der Waals surface area contributed by atoms with Crippen molar-refractivity contribution in [3.05, 3.63) is 65.5 Å². The number of amides is 1. The molecule has 2 aromatic carbocycles. The number of carbonyl (C=O) groups is 1. The molecule has 1 heterocycles. The second-order valence-electron chi connectivity index (χ2n) is 5.05. The molecule has 1 aliphatic rings. The summed E-state index contributed by atoms with van der Waals surface area (Å²) in [5.41, 5.74) is 1.65. The zero-order valence-electron chi connectivity index (χ0n) is 12.2. The van der Waals surface area contributed by atoms with Crippen molar-refractivity contribution in [1.29, 1.82) is 0 Å². The first-order valence-corrected chi connectivity index (χ1v) is 9.25. The molecule has 114 valence electrons. The van der Waals surface area contributed by atoms with E-state index in [4.69, 9.17) is 0 Å². The van der Waals surface area contributed by atoms with Crippen LogP contribution in [0.3, 0.4) is 0 Å². The normalized spacial score (nSPS) is 18.0. The Labute approximate surface area is 138 Å². The molecule has 1 fully saturated rings. The van der Waals surface area contributed by atoms with E-state index in [0.29, 0.717) is 17.9 Å². The number of benzene rings is 2. The maximum Gasteiger partial charge on any atom is 0.234 e. The standard InChI is InChI=1S/C17H16FNOS2/c1-21-14-8-6-12(7-9-14)17-19(16(20)11-22-17)10-13-4-2-3-5-15(13)18/h2-9,17H,10-11H2,1H3. The zero-order valence-corrected chi connectivity index (χ0v) is 13.8. The Bertz CT molecular complexity index is 675. The van der Waals surface area contributed by atoms with Crippen LogP contribution in [0.1, 0.15) is 16.5 Å². The van der Waals surface area contributed by atoms with Crippen molar-refractivity contribution in [2.45, 2.75) is 16.8 Å². The van der Waals surface area contributed by atoms with Crippen LogP contribution in [-0.4, -0.2) is 22.8 Å². The summed E-state index contributed by atoms with van der Waals surface area (Å²) in [7, 11) is 0. The summed E-state index contributed by atoms with van der Waals surface area (Å²) in [4.78, 5) is 15.1. The molecule has 0 bridgehead atoms. The Morgan fingerprint density at radius 2 is 1.95 bits per heavy atom. The second kappa shape index (κ2) is 6.75. The van der Waals surface area contributed by atoms with Gasteiger partial charge in [-0.15, -0.1) is 23.5 Å². The van der Waals surface area contributed by atoms with Crippen LogP contribution in [0.25, 0.3) is 0 Å².